The van der Waals surface area contributed by atoms with Crippen molar-refractivity contribution in [3.8, 4) is 11.5 Å². The molecule has 1 aliphatic heterocycles. The maximum Gasteiger partial charge on any atom is 0.252 e. The van der Waals surface area contributed by atoms with E-state index in [0.717, 1.165) is 34.5 Å². The van der Waals surface area contributed by atoms with Gasteiger partial charge < -0.3 is 14.4 Å². The molecule has 6 nitrogen and oxygen atoms in total. The second kappa shape index (κ2) is 10.6. The molecule has 0 unspecified atom stereocenters. The number of anilines is 1. The zero-order chi connectivity index (χ0) is 20.9. The van der Waals surface area contributed by atoms with E-state index >= 15 is 0 Å². The monoisotopic (exact) mass is 459 g/mol. The van der Waals surface area contributed by atoms with Crippen molar-refractivity contribution in [1.82, 2.24) is 9.88 Å². The van der Waals surface area contributed by atoms with Crippen LogP contribution < -0.4 is 14.4 Å². The molecule has 0 radical (unpaired) electrons. The lowest BCUT2D eigenvalue weighted by Crippen LogP contribution is -2.32. The van der Waals surface area contributed by atoms with Crippen LogP contribution in [0, 0.1) is 0 Å². The van der Waals surface area contributed by atoms with Crippen molar-refractivity contribution in [1.29, 1.82) is 0 Å². The summed E-state index contributed by atoms with van der Waals surface area (Å²) in [6, 6.07) is 13.7. The minimum Gasteiger partial charge on any atom is -0.486 e. The SMILES string of the molecule is CN(C)CCCN(C(=O)C=Cc1ccccc1)c1nc2cc3c(cc2s1)OCCO3.Cl. The number of rotatable bonds is 7. The van der Waals surface area contributed by atoms with Crippen LogP contribution in [0.1, 0.15) is 12.0 Å². The predicted molar refractivity (Wildman–Crippen MR) is 129 cm³/mol. The molecule has 4 rings (SSSR count). The topological polar surface area (TPSA) is 54.9 Å². The van der Waals surface area contributed by atoms with Crippen LogP contribution in [0.15, 0.2) is 48.5 Å². The lowest BCUT2D eigenvalue weighted by atomic mass is 10.2. The Hall–Kier alpha value is -2.61. The smallest absolute Gasteiger partial charge is 0.252 e. The molecule has 0 fully saturated rings. The molecule has 164 valence electrons. The number of amides is 1. The third-order valence-corrected chi connectivity index (χ3v) is 5.78. The molecule has 0 saturated carbocycles. The van der Waals surface area contributed by atoms with Crippen LogP contribution in [0.4, 0.5) is 5.13 Å². The van der Waals surface area contributed by atoms with E-state index in [2.05, 4.69) is 4.90 Å². The summed E-state index contributed by atoms with van der Waals surface area (Å²) < 4.78 is 12.3. The van der Waals surface area contributed by atoms with Crippen LogP contribution in [0.2, 0.25) is 0 Å². The Morgan fingerprint density at radius 2 is 1.81 bits per heavy atom. The lowest BCUT2D eigenvalue weighted by Gasteiger charge is -2.19. The molecule has 0 N–H and O–H groups in total. The highest BCUT2D eigenvalue weighted by Crippen LogP contribution is 2.38. The standard InChI is InChI=1S/C23H25N3O3S.ClH/c1-25(2)11-6-12-26(22(27)10-9-17-7-4-3-5-8-17)23-24-18-15-19-20(16-21(18)30-23)29-14-13-28-19;/h3-5,7-10,15-16H,6,11-14H2,1-2H3;1H. The molecule has 0 atom stereocenters. The number of carbonyl (C=O) groups excluding carboxylic acids is 1. The van der Waals surface area contributed by atoms with E-state index in [1.807, 2.05) is 62.6 Å². The molecule has 31 heavy (non-hydrogen) atoms. The Kier molecular flexibility index (Phi) is 7.90. The first-order chi connectivity index (χ1) is 14.6. The molecule has 0 aliphatic carbocycles. The van der Waals surface area contributed by atoms with Crippen LogP contribution in [0.5, 0.6) is 11.5 Å². The van der Waals surface area contributed by atoms with Gasteiger partial charge in [-0.25, -0.2) is 4.98 Å². The quantitative estimate of drug-likeness (QED) is 0.487. The summed E-state index contributed by atoms with van der Waals surface area (Å²) in [4.78, 5) is 21.7. The molecule has 0 bridgehead atoms. The molecule has 2 aromatic carbocycles. The molecule has 1 aliphatic rings. The van der Waals surface area contributed by atoms with Gasteiger partial charge in [0, 0.05) is 24.8 Å². The summed E-state index contributed by atoms with van der Waals surface area (Å²) >= 11 is 1.50. The van der Waals surface area contributed by atoms with Gasteiger partial charge >= 0.3 is 0 Å². The van der Waals surface area contributed by atoms with Crippen LogP contribution in [0.25, 0.3) is 16.3 Å². The van der Waals surface area contributed by atoms with Gasteiger partial charge in [0.2, 0.25) is 0 Å². The summed E-state index contributed by atoms with van der Waals surface area (Å²) in [5.41, 5.74) is 1.81. The fourth-order valence-electron chi connectivity index (χ4n) is 3.23. The summed E-state index contributed by atoms with van der Waals surface area (Å²) in [6.07, 6.45) is 4.32. The molecule has 8 heteroatoms. The van der Waals surface area contributed by atoms with Gasteiger partial charge in [0.25, 0.3) is 5.91 Å². The van der Waals surface area contributed by atoms with E-state index in [1.54, 1.807) is 11.0 Å². The Morgan fingerprint density at radius 1 is 1.10 bits per heavy atom. The molecule has 3 aromatic rings. The first-order valence-corrected chi connectivity index (χ1v) is 10.8. The average molecular weight is 460 g/mol. The van der Waals surface area contributed by atoms with E-state index in [0.29, 0.717) is 30.6 Å². The second-order valence-electron chi connectivity index (χ2n) is 7.35. The summed E-state index contributed by atoms with van der Waals surface area (Å²) in [5.74, 6) is 1.37. The maximum atomic E-state index is 13.1. The van der Waals surface area contributed by atoms with Crippen molar-refractivity contribution >= 4 is 51.1 Å². The van der Waals surface area contributed by atoms with Gasteiger partial charge in [0.15, 0.2) is 16.6 Å². The van der Waals surface area contributed by atoms with Crippen LogP contribution in [0.3, 0.4) is 0 Å². The molecule has 0 saturated heterocycles. The summed E-state index contributed by atoms with van der Waals surface area (Å²) in [5, 5.41) is 0.689. The van der Waals surface area contributed by atoms with E-state index < -0.39 is 0 Å². The predicted octanol–water partition coefficient (Wildman–Crippen LogP) is 4.49. The number of thiazole rings is 1. The minimum absolute atomic E-state index is 0. The summed E-state index contributed by atoms with van der Waals surface area (Å²) in [7, 11) is 4.06. The third kappa shape index (κ3) is 5.76. The fraction of sp³-hybridized carbons (Fsp3) is 0.304. The number of carbonyl (C=O) groups is 1. The van der Waals surface area contributed by atoms with Gasteiger partial charge in [-0.2, -0.15) is 0 Å². The molecule has 1 aromatic heterocycles. The number of hydrogen-bond acceptors (Lipinski definition) is 6. The van der Waals surface area contributed by atoms with Crippen molar-refractivity contribution in [2.45, 2.75) is 6.42 Å². The number of aromatic nitrogens is 1. The Morgan fingerprint density at radius 3 is 2.52 bits per heavy atom. The third-order valence-electron chi connectivity index (χ3n) is 4.74. The highest BCUT2D eigenvalue weighted by atomic mass is 35.5. The summed E-state index contributed by atoms with van der Waals surface area (Å²) in [6.45, 7) is 2.58. The molecule has 0 spiro atoms. The van der Waals surface area contributed by atoms with E-state index in [-0.39, 0.29) is 18.3 Å². The number of hydrogen-bond donors (Lipinski definition) is 0. The number of halogens is 1. The van der Waals surface area contributed by atoms with Gasteiger partial charge in [0.1, 0.15) is 13.2 Å². The van der Waals surface area contributed by atoms with Crippen molar-refractivity contribution in [2.75, 3.05) is 45.3 Å². The van der Waals surface area contributed by atoms with Gasteiger partial charge in [-0.3, -0.25) is 9.69 Å². The van der Waals surface area contributed by atoms with Crippen LogP contribution in [-0.2, 0) is 4.79 Å². The van der Waals surface area contributed by atoms with Crippen molar-refractivity contribution in [3.05, 3.63) is 54.1 Å². The number of nitrogens with zero attached hydrogens (tertiary/aromatic N) is 3. The first-order valence-electron chi connectivity index (χ1n) is 10.00. The Bertz CT molecular complexity index is 1010. The normalized spacial score (nSPS) is 12.9. The minimum atomic E-state index is -0.0751. The Labute approximate surface area is 192 Å². The van der Waals surface area contributed by atoms with Gasteiger partial charge in [-0.1, -0.05) is 41.7 Å². The van der Waals surface area contributed by atoms with Gasteiger partial charge in [-0.15, -0.1) is 12.4 Å². The zero-order valence-electron chi connectivity index (χ0n) is 17.6. The molecular formula is C23H26ClN3O3S. The van der Waals surface area contributed by atoms with E-state index in [4.69, 9.17) is 14.5 Å². The van der Waals surface area contributed by atoms with E-state index in [9.17, 15) is 4.79 Å². The maximum absolute atomic E-state index is 13.1. The van der Waals surface area contributed by atoms with Crippen molar-refractivity contribution < 1.29 is 14.3 Å². The van der Waals surface area contributed by atoms with Gasteiger partial charge in [-0.05, 0) is 38.7 Å². The number of fused-ring (bicyclic) bond motifs is 2. The first kappa shape index (κ1) is 23.1. The number of benzene rings is 2. The van der Waals surface area contributed by atoms with Gasteiger partial charge in [0.05, 0.1) is 10.2 Å². The lowest BCUT2D eigenvalue weighted by molar-refractivity contribution is -0.114. The highest BCUT2D eigenvalue weighted by molar-refractivity contribution is 7.22. The molecule has 1 amide bonds. The molecule has 2 heterocycles. The number of ether oxygens (including phenoxy) is 2. The molecular weight excluding hydrogens is 434 g/mol. The van der Waals surface area contributed by atoms with Crippen LogP contribution in [-0.4, -0.2) is 56.2 Å². The van der Waals surface area contributed by atoms with Crippen molar-refractivity contribution in [3.63, 3.8) is 0 Å². The highest BCUT2D eigenvalue weighted by Gasteiger charge is 2.20. The van der Waals surface area contributed by atoms with Crippen molar-refractivity contribution in [2.24, 2.45) is 0 Å². The van der Waals surface area contributed by atoms with Crippen LogP contribution >= 0.6 is 23.7 Å². The fourth-order valence-corrected chi connectivity index (χ4v) is 4.24. The average Bonchev–Trinajstić information content (AvgIpc) is 3.16. The largest absolute Gasteiger partial charge is 0.486 e. The van der Waals surface area contributed by atoms with E-state index in [1.165, 1.54) is 11.3 Å². The zero-order valence-corrected chi connectivity index (χ0v) is 19.2. The second-order valence-corrected chi connectivity index (χ2v) is 8.36. The Balaban J connectivity index is 0.00000272.